The maximum absolute atomic E-state index is 14.4. The second-order valence-electron chi connectivity index (χ2n) is 10.9. The van der Waals surface area contributed by atoms with Crippen molar-refractivity contribution in [1.29, 1.82) is 0 Å². The molecule has 1 aromatic carbocycles. The molecule has 45 heavy (non-hydrogen) atoms. The standard InChI is InChI=1S/C28H27F4N7O4S2/c1-37-16-34-26(36-37)45(41,42)38(9-10-43-2)21-6-3-18-11-22-17(14-35-39(22)20-7-4-19(29)5-8-20)12-27(18,13-21)24(40)25-33-15-23(44-25)28(30,31)32/h4-5,7-8,11,14-16,21H,3,6,9-10,12-13H2,1-2H3/t21-,27-/m0/s1. The number of alkyl halides is 3. The van der Waals surface area contributed by atoms with Crippen molar-refractivity contribution in [2.45, 2.75) is 43.1 Å². The molecular weight excluding hydrogens is 638 g/mol. The molecule has 0 aliphatic heterocycles. The van der Waals surface area contributed by atoms with Gasteiger partial charge in [0, 0.05) is 26.7 Å². The number of fused-ring (bicyclic) bond motifs is 2. The summed E-state index contributed by atoms with van der Waals surface area (Å²) in [6, 6.07) is 4.97. The minimum atomic E-state index is -4.68. The van der Waals surface area contributed by atoms with Crippen molar-refractivity contribution in [3.63, 3.8) is 0 Å². The highest BCUT2D eigenvalue weighted by Crippen LogP contribution is 2.52. The van der Waals surface area contributed by atoms with Crippen LogP contribution in [-0.4, -0.2) is 74.3 Å². The van der Waals surface area contributed by atoms with Gasteiger partial charge in [0.2, 0.25) is 5.78 Å². The van der Waals surface area contributed by atoms with E-state index in [9.17, 15) is 30.8 Å². The van der Waals surface area contributed by atoms with Crippen molar-refractivity contribution in [3.05, 3.63) is 75.5 Å². The molecule has 2 aliphatic rings. The number of allylic oxidation sites excluding steroid dienone is 1. The monoisotopic (exact) mass is 665 g/mol. The van der Waals surface area contributed by atoms with Crippen LogP contribution in [0.25, 0.3) is 11.8 Å². The second kappa shape index (κ2) is 11.5. The molecule has 0 saturated heterocycles. The molecule has 0 amide bonds. The molecule has 1 saturated carbocycles. The van der Waals surface area contributed by atoms with Crippen molar-refractivity contribution in [2.75, 3.05) is 20.3 Å². The minimum absolute atomic E-state index is 0.0322. The van der Waals surface area contributed by atoms with Gasteiger partial charge < -0.3 is 4.74 Å². The molecule has 238 valence electrons. The number of ketones is 1. The number of Topliss-reactive ketones (excluding diaryl/α,β-unsaturated/α-hetero) is 1. The molecule has 11 nitrogen and oxygen atoms in total. The fourth-order valence-corrected chi connectivity index (χ4v) is 8.39. The number of carbonyl (C=O) groups excluding carboxylic acids is 1. The number of nitrogens with zero attached hydrogens (tertiary/aromatic N) is 7. The third kappa shape index (κ3) is 5.62. The third-order valence-electron chi connectivity index (χ3n) is 8.16. The van der Waals surface area contributed by atoms with E-state index in [4.69, 9.17) is 4.74 Å². The Bertz CT molecular complexity index is 1880. The zero-order valence-electron chi connectivity index (χ0n) is 24.0. The summed E-state index contributed by atoms with van der Waals surface area (Å²) >= 11 is 0.262. The number of halogens is 4. The van der Waals surface area contributed by atoms with Crippen LogP contribution in [0.5, 0.6) is 0 Å². The first-order chi connectivity index (χ1) is 21.3. The van der Waals surface area contributed by atoms with Gasteiger partial charge in [-0.3, -0.25) is 9.48 Å². The number of aromatic nitrogens is 6. The van der Waals surface area contributed by atoms with Crippen molar-refractivity contribution in [3.8, 4) is 5.69 Å². The van der Waals surface area contributed by atoms with Crippen molar-refractivity contribution in [2.24, 2.45) is 12.5 Å². The maximum Gasteiger partial charge on any atom is 0.427 e. The van der Waals surface area contributed by atoms with Gasteiger partial charge in [0.05, 0.1) is 35.8 Å². The molecule has 6 rings (SSSR count). The zero-order valence-corrected chi connectivity index (χ0v) is 25.7. The van der Waals surface area contributed by atoms with Crippen LogP contribution in [0.3, 0.4) is 0 Å². The van der Waals surface area contributed by atoms with Crippen LogP contribution in [0, 0.1) is 11.2 Å². The number of thiazole rings is 1. The Balaban J connectivity index is 1.44. The van der Waals surface area contributed by atoms with Crippen molar-refractivity contribution < 1.29 is 35.5 Å². The van der Waals surface area contributed by atoms with Gasteiger partial charge in [0.1, 0.15) is 17.0 Å². The molecule has 2 aliphatic carbocycles. The first kappa shape index (κ1) is 31.2. The summed E-state index contributed by atoms with van der Waals surface area (Å²) in [6.45, 7) is -0.0173. The number of sulfonamides is 1. The fraction of sp³-hybridized carbons (Fsp3) is 0.393. The van der Waals surface area contributed by atoms with Crippen LogP contribution in [0.4, 0.5) is 17.6 Å². The van der Waals surface area contributed by atoms with E-state index in [1.54, 1.807) is 29.1 Å². The normalized spacial score (nSPS) is 20.2. The number of rotatable bonds is 9. The van der Waals surface area contributed by atoms with Gasteiger partial charge in [-0.15, -0.1) is 16.4 Å². The summed E-state index contributed by atoms with van der Waals surface area (Å²) in [6.07, 6.45) is 1.15. The van der Waals surface area contributed by atoms with E-state index >= 15 is 0 Å². The lowest BCUT2D eigenvalue weighted by molar-refractivity contribution is -0.134. The number of carbonyl (C=O) groups is 1. The third-order valence-corrected chi connectivity index (χ3v) is 10.9. The number of hydrogen-bond acceptors (Lipinski definition) is 9. The molecule has 0 spiro atoms. The van der Waals surface area contributed by atoms with E-state index in [1.807, 2.05) is 0 Å². The number of hydrogen-bond donors (Lipinski definition) is 0. The van der Waals surface area contributed by atoms with E-state index in [0.29, 0.717) is 35.1 Å². The average molecular weight is 666 g/mol. The van der Waals surface area contributed by atoms with Crippen LogP contribution in [0.1, 0.15) is 45.2 Å². The van der Waals surface area contributed by atoms with Crippen molar-refractivity contribution >= 4 is 33.2 Å². The molecule has 1 fully saturated rings. The number of methoxy groups -OCH3 is 1. The predicted molar refractivity (Wildman–Crippen MR) is 153 cm³/mol. The van der Waals surface area contributed by atoms with Gasteiger partial charge in [0.25, 0.3) is 15.2 Å². The molecule has 0 unspecified atom stereocenters. The summed E-state index contributed by atoms with van der Waals surface area (Å²) < 4.78 is 91.1. The van der Waals surface area contributed by atoms with Crippen LogP contribution in [-0.2, 0) is 34.4 Å². The first-order valence-corrected chi connectivity index (χ1v) is 16.1. The van der Waals surface area contributed by atoms with Gasteiger partial charge in [0.15, 0.2) is 5.01 Å². The molecule has 0 bridgehead atoms. The Labute approximate surface area is 259 Å². The SMILES string of the molecule is COCCN([C@H]1CCC2=Cc3c(cnn3-c3ccc(F)cc3)C[C@]2(C(=O)c2ncc(C(F)(F)F)s2)C1)S(=O)(=O)c1ncn(C)n1. The second-order valence-corrected chi connectivity index (χ2v) is 13.7. The Morgan fingerprint density at radius 1 is 1.20 bits per heavy atom. The topological polar surface area (TPSA) is 125 Å². The largest absolute Gasteiger partial charge is 0.427 e. The highest BCUT2D eigenvalue weighted by Gasteiger charge is 2.52. The molecular formula is C28H27F4N7O4S2. The number of aryl methyl sites for hydroxylation is 1. The highest BCUT2D eigenvalue weighted by atomic mass is 32.2. The quantitative estimate of drug-likeness (QED) is 0.191. The van der Waals surface area contributed by atoms with Crippen LogP contribution < -0.4 is 0 Å². The molecule has 17 heteroatoms. The lowest BCUT2D eigenvalue weighted by Gasteiger charge is -2.46. The smallest absolute Gasteiger partial charge is 0.383 e. The van der Waals surface area contributed by atoms with Crippen molar-refractivity contribution in [1.82, 2.24) is 33.8 Å². The highest BCUT2D eigenvalue weighted by molar-refractivity contribution is 7.89. The van der Waals surface area contributed by atoms with Gasteiger partial charge in [-0.1, -0.05) is 5.57 Å². The van der Waals surface area contributed by atoms with E-state index in [0.717, 1.165) is 0 Å². The molecule has 3 heterocycles. The van der Waals surface area contributed by atoms with Crippen LogP contribution in [0.2, 0.25) is 0 Å². The number of benzene rings is 1. The lowest BCUT2D eigenvalue weighted by atomic mass is 9.61. The first-order valence-electron chi connectivity index (χ1n) is 13.8. The Morgan fingerprint density at radius 3 is 2.60 bits per heavy atom. The summed E-state index contributed by atoms with van der Waals surface area (Å²) in [5.41, 5.74) is 1.07. The molecule has 0 N–H and O–H groups in total. The minimum Gasteiger partial charge on any atom is -0.383 e. The van der Waals surface area contributed by atoms with E-state index < -0.39 is 49.3 Å². The van der Waals surface area contributed by atoms with Gasteiger partial charge in [-0.2, -0.15) is 22.6 Å². The predicted octanol–water partition coefficient (Wildman–Crippen LogP) is 4.31. The molecule has 0 radical (unpaired) electrons. The van der Waals surface area contributed by atoms with E-state index in [2.05, 4.69) is 20.2 Å². The average Bonchev–Trinajstić information content (AvgIpc) is 3.76. The maximum atomic E-state index is 14.4. The van der Waals surface area contributed by atoms with Gasteiger partial charge in [-0.05, 0) is 61.6 Å². The lowest BCUT2D eigenvalue weighted by Crippen LogP contribution is -2.51. The summed E-state index contributed by atoms with van der Waals surface area (Å²) in [7, 11) is -1.28. The Morgan fingerprint density at radius 2 is 1.96 bits per heavy atom. The molecule has 3 aromatic heterocycles. The molecule has 4 aromatic rings. The van der Waals surface area contributed by atoms with E-state index in [-0.39, 0.29) is 48.8 Å². The van der Waals surface area contributed by atoms with Gasteiger partial charge in [-0.25, -0.2) is 27.5 Å². The van der Waals surface area contributed by atoms with Crippen LogP contribution in [0.15, 0.2) is 53.7 Å². The summed E-state index contributed by atoms with van der Waals surface area (Å²) in [4.78, 5) is 21.2. The van der Waals surface area contributed by atoms with Gasteiger partial charge >= 0.3 is 6.18 Å². The zero-order chi connectivity index (χ0) is 32.1. The van der Waals surface area contributed by atoms with Crippen LogP contribution >= 0.6 is 11.3 Å². The molecule has 2 atom stereocenters. The Hall–Kier alpha value is -3.80. The number of ether oxygens (including phenoxy) is 1. The fourth-order valence-electron chi connectivity index (χ4n) is 6.06. The van der Waals surface area contributed by atoms with E-state index in [1.165, 1.54) is 41.6 Å². The Kier molecular flexibility index (Phi) is 7.99. The summed E-state index contributed by atoms with van der Waals surface area (Å²) in [5.74, 6) is -1.05. The summed E-state index contributed by atoms with van der Waals surface area (Å²) in [5, 5.41) is 7.72.